The summed E-state index contributed by atoms with van der Waals surface area (Å²) in [5.41, 5.74) is 17.1. The summed E-state index contributed by atoms with van der Waals surface area (Å²) in [6.07, 6.45) is 14.7. The van der Waals surface area contributed by atoms with Gasteiger partial charge in [0.05, 0.1) is 0 Å². The summed E-state index contributed by atoms with van der Waals surface area (Å²) in [5.74, 6) is 0. The lowest BCUT2D eigenvalue weighted by Gasteiger charge is -2.35. The van der Waals surface area contributed by atoms with E-state index in [1.807, 2.05) is 0 Å². The minimum atomic E-state index is 0.0575. The molecule has 0 atom stereocenters. The number of aryl methyl sites for hydroxylation is 1. The number of hydrogen-bond donors (Lipinski definition) is 0. The number of benzene rings is 5. The predicted octanol–water partition coefficient (Wildman–Crippen LogP) is 14.8. The monoisotopic (exact) mass is 659 g/mol. The number of anilines is 3. The summed E-state index contributed by atoms with van der Waals surface area (Å²) in [6, 6.07) is 42.7. The first-order chi connectivity index (χ1) is 24.5. The SMILES string of the molecule is CCCCC1(CCCC)c2ccccc2-c2ccc(N(c3ccc(C)cc3)c3ccc4c(c3)C(CCCC)(CCCC)c3ccccc3-4)cc21. The molecule has 0 spiro atoms. The maximum Gasteiger partial charge on any atom is 0.0465 e. The Morgan fingerprint density at radius 1 is 0.400 bits per heavy atom. The Morgan fingerprint density at radius 3 is 1.16 bits per heavy atom. The van der Waals surface area contributed by atoms with Gasteiger partial charge in [0.1, 0.15) is 0 Å². The molecule has 5 aromatic carbocycles. The third-order valence-corrected chi connectivity index (χ3v) is 12.1. The van der Waals surface area contributed by atoms with Crippen molar-refractivity contribution in [1.29, 1.82) is 0 Å². The Kier molecular flexibility index (Phi) is 10.1. The molecule has 0 bridgehead atoms. The number of fused-ring (bicyclic) bond motifs is 6. The average Bonchev–Trinajstić information content (AvgIpc) is 3.59. The van der Waals surface area contributed by atoms with Gasteiger partial charge in [-0.2, -0.15) is 0 Å². The highest BCUT2D eigenvalue weighted by Gasteiger charge is 2.44. The van der Waals surface area contributed by atoms with Crippen molar-refractivity contribution in [3.05, 3.63) is 137 Å². The molecule has 0 N–H and O–H groups in total. The normalized spacial score (nSPS) is 14.6. The zero-order valence-corrected chi connectivity index (χ0v) is 31.3. The minimum absolute atomic E-state index is 0.0575. The first-order valence-corrected chi connectivity index (χ1v) is 19.9. The average molecular weight is 660 g/mol. The van der Waals surface area contributed by atoms with Gasteiger partial charge in [-0.1, -0.05) is 157 Å². The van der Waals surface area contributed by atoms with Gasteiger partial charge in [0.2, 0.25) is 0 Å². The standard InChI is InChI=1S/C49H57N/c1-6-10-30-48(31-11-7-2)44-20-16-14-18-40(44)42-28-26-38(34-46(42)48)50(37-24-22-36(5)23-25-37)39-27-29-43-41-19-15-17-21-45(41)49(32-12-8-3,33-13-9-4)47(43)35-39/h14-29,34-35H,6-13,30-33H2,1-5H3. The van der Waals surface area contributed by atoms with Crippen molar-refractivity contribution >= 4 is 17.1 Å². The molecule has 50 heavy (non-hydrogen) atoms. The van der Waals surface area contributed by atoms with Crippen molar-refractivity contribution in [2.24, 2.45) is 0 Å². The topological polar surface area (TPSA) is 3.24 Å². The van der Waals surface area contributed by atoms with Gasteiger partial charge in [0.15, 0.2) is 0 Å². The van der Waals surface area contributed by atoms with E-state index in [9.17, 15) is 0 Å². The van der Waals surface area contributed by atoms with E-state index in [1.54, 1.807) is 11.1 Å². The summed E-state index contributed by atoms with van der Waals surface area (Å²) in [5, 5.41) is 0. The zero-order chi connectivity index (χ0) is 34.7. The van der Waals surface area contributed by atoms with Gasteiger partial charge in [-0.3, -0.25) is 0 Å². The number of nitrogens with zero attached hydrogens (tertiary/aromatic N) is 1. The third kappa shape index (κ3) is 5.81. The number of unbranched alkanes of at least 4 members (excludes halogenated alkanes) is 4. The van der Waals surface area contributed by atoms with E-state index in [2.05, 4.69) is 149 Å². The molecular formula is C49H57N. The van der Waals surface area contributed by atoms with Gasteiger partial charge < -0.3 is 4.90 Å². The largest absolute Gasteiger partial charge is 0.310 e. The Morgan fingerprint density at radius 2 is 0.760 bits per heavy atom. The van der Waals surface area contributed by atoms with Gasteiger partial charge in [-0.15, -0.1) is 0 Å². The first kappa shape index (κ1) is 34.4. The van der Waals surface area contributed by atoms with E-state index < -0.39 is 0 Å². The van der Waals surface area contributed by atoms with Crippen LogP contribution in [0.5, 0.6) is 0 Å². The van der Waals surface area contributed by atoms with Crippen molar-refractivity contribution in [2.45, 2.75) is 122 Å². The molecule has 0 saturated heterocycles. The summed E-state index contributed by atoms with van der Waals surface area (Å²) >= 11 is 0. The van der Waals surface area contributed by atoms with Crippen molar-refractivity contribution in [2.75, 3.05) is 4.90 Å². The van der Waals surface area contributed by atoms with Crippen LogP contribution in [0, 0.1) is 6.92 Å². The highest BCUT2D eigenvalue weighted by Crippen LogP contribution is 2.57. The zero-order valence-electron chi connectivity index (χ0n) is 31.3. The molecule has 0 aliphatic heterocycles. The molecule has 2 aliphatic carbocycles. The molecule has 0 amide bonds. The van der Waals surface area contributed by atoms with Gasteiger partial charge in [0.25, 0.3) is 0 Å². The first-order valence-electron chi connectivity index (χ1n) is 19.9. The van der Waals surface area contributed by atoms with Crippen LogP contribution in [0.4, 0.5) is 17.1 Å². The Bertz CT molecular complexity index is 1790. The van der Waals surface area contributed by atoms with Gasteiger partial charge >= 0.3 is 0 Å². The van der Waals surface area contributed by atoms with Crippen LogP contribution in [0.3, 0.4) is 0 Å². The molecule has 1 heteroatoms. The molecule has 0 radical (unpaired) electrons. The van der Waals surface area contributed by atoms with E-state index in [4.69, 9.17) is 0 Å². The predicted molar refractivity (Wildman–Crippen MR) is 216 cm³/mol. The lowest BCUT2D eigenvalue weighted by molar-refractivity contribution is 0.414. The second kappa shape index (κ2) is 14.6. The molecule has 0 fully saturated rings. The van der Waals surface area contributed by atoms with Crippen LogP contribution in [-0.2, 0) is 10.8 Å². The second-order valence-corrected chi connectivity index (χ2v) is 15.3. The Balaban J connectivity index is 1.43. The van der Waals surface area contributed by atoms with Crippen LogP contribution in [0.2, 0.25) is 0 Å². The van der Waals surface area contributed by atoms with Crippen molar-refractivity contribution in [1.82, 2.24) is 0 Å². The van der Waals surface area contributed by atoms with E-state index in [-0.39, 0.29) is 10.8 Å². The smallest absolute Gasteiger partial charge is 0.0465 e. The van der Waals surface area contributed by atoms with Crippen LogP contribution >= 0.6 is 0 Å². The summed E-state index contributed by atoms with van der Waals surface area (Å²) in [7, 11) is 0. The highest BCUT2D eigenvalue weighted by molar-refractivity contribution is 5.88. The summed E-state index contributed by atoms with van der Waals surface area (Å²) < 4.78 is 0. The maximum absolute atomic E-state index is 2.59. The quantitative estimate of drug-likeness (QED) is 0.108. The lowest BCUT2D eigenvalue weighted by Crippen LogP contribution is -2.26. The lowest BCUT2D eigenvalue weighted by atomic mass is 9.70. The van der Waals surface area contributed by atoms with Crippen LogP contribution in [0.25, 0.3) is 22.3 Å². The Labute approximate surface area is 302 Å². The fourth-order valence-corrected chi connectivity index (χ4v) is 9.55. The molecule has 0 saturated carbocycles. The minimum Gasteiger partial charge on any atom is -0.310 e. The molecule has 258 valence electrons. The highest BCUT2D eigenvalue weighted by atomic mass is 15.1. The molecule has 7 rings (SSSR count). The second-order valence-electron chi connectivity index (χ2n) is 15.3. The van der Waals surface area contributed by atoms with E-state index in [0.717, 1.165) is 0 Å². The molecule has 0 aromatic heterocycles. The molecular weight excluding hydrogens is 603 g/mol. The van der Waals surface area contributed by atoms with Gasteiger partial charge in [-0.05, 0) is 114 Å². The van der Waals surface area contributed by atoms with Crippen LogP contribution in [-0.4, -0.2) is 0 Å². The molecule has 0 heterocycles. The fourth-order valence-electron chi connectivity index (χ4n) is 9.55. The van der Waals surface area contributed by atoms with Gasteiger partial charge in [0, 0.05) is 27.9 Å². The fraction of sp³-hybridized carbons (Fsp3) is 0.388. The molecule has 5 aromatic rings. The molecule has 2 aliphatic rings. The van der Waals surface area contributed by atoms with Crippen molar-refractivity contribution < 1.29 is 0 Å². The van der Waals surface area contributed by atoms with E-state index >= 15 is 0 Å². The van der Waals surface area contributed by atoms with E-state index in [1.165, 1.54) is 133 Å². The number of rotatable bonds is 15. The van der Waals surface area contributed by atoms with Crippen molar-refractivity contribution in [3.63, 3.8) is 0 Å². The molecule has 0 unspecified atom stereocenters. The van der Waals surface area contributed by atoms with Crippen molar-refractivity contribution in [3.8, 4) is 22.3 Å². The van der Waals surface area contributed by atoms with Crippen LogP contribution in [0.15, 0.2) is 109 Å². The summed E-state index contributed by atoms with van der Waals surface area (Å²) in [6.45, 7) is 11.6. The van der Waals surface area contributed by atoms with E-state index in [0.29, 0.717) is 0 Å². The third-order valence-electron chi connectivity index (χ3n) is 12.1. The van der Waals surface area contributed by atoms with Crippen LogP contribution < -0.4 is 4.90 Å². The Hall–Kier alpha value is -4.10. The molecule has 1 nitrogen and oxygen atoms in total. The maximum atomic E-state index is 2.59. The summed E-state index contributed by atoms with van der Waals surface area (Å²) in [4.78, 5) is 2.56. The number of hydrogen-bond acceptors (Lipinski definition) is 1. The van der Waals surface area contributed by atoms with Gasteiger partial charge in [-0.25, -0.2) is 0 Å². The van der Waals surface area contributed by atoms with Crippen LogP contribution in [0.1, 0.15) is 133 Å².